The summed E-state index contributed by atoms with van der Waals surface area (Å²) in [7, 11) is -3.58. The van der Waals surface area contributed by atoms with Gasteiger partial charge in [-0.15, -0.1) is 0 Å². The molecule has 0 aromatic rings. The number of aliphatic hydroxyl groups is 2. The van der Waals surface area contributed by atoms with E-state index in [-0.39, 0.29) is 45.6 Å². The maximum absolute atomic E-state index is 12.6. The lowest BCUT2D eigenvalue weighted by molar-refractivity contribution is -0.142. The van der Waals surface area contributed by atoms with E-state index < -0.39 is 46.6 Å². The van der Waals surface area contributed by atoms with Crippen LogP contribution in [0.3, 0.4) is 0 Å². The molecule has 0 saturated carbocycles. The summed E-state index contributed by atoms with van der Waals surface area (Å²) in [5.41, 5.74) is -1.30. The monoisotopic (exact) mass is 513 g/mol. The highest BCUT2D eigenvalue weighted by Crippen LogP contribution is 2.49. The fraction of sp³-hybridized carbons (Fsp3) is 0.947. The number of rotatable bonds is 19. The predicted octanol–water partition coefficient (Wildman–Crippen LogP) is 1.71. The van der Waals surface area contributed by atoms with Crippen molar-refractivity contribution in [1.82, 2.24) is 0 Å². The second-order valence-electron chi connectivity index (χ2n) is 7.42. The molecule has 1 fully saturated rings. The minimum absolute atomic E-state index is 0.00136. The van der Waals surface area contributed by atoms with E-state index in [1.54, 1.807) is 21.7 Å². The van der Waals surface area contributed by atoms with Crippen molar-refractivity contribution in [3.8, 4) is 6.07 Å². The topological polar surface area (TPSA) is 146 Å². The van der Waals surface area contributed by atoms with Crippen molar-refractivity contribution in [3.63, 3.8) is 0 Å². The van der Waals surface area contributed by atoms with Crippen LogP contribution < -0.4 is 0 Å². The van der Waals surface area contributed by atoms with Gasteiger partial charge in [0.1, 0.15) is 25.7 Å². The number of nitrogens with zero attached hydrogens (tertiary/aromatic N) is 1. The molecule has 1 rings (SSSR count). The van der Waals surface area contributed by atoms with Crippen LogP contribution in [-0.2, 0) is 36.7 Å². The lowest BCUT2D eigenvalue weighted by atomic mass is 9.89. The highest BCUT2D eigenvalue weighted by Gasteiger charge is 2.54. The molecule has 2 unspecified atom stereocenters. The summed E-state index contributed by atoms with van der Waals surface area (Å²) >= 11 is 0. The number of hydrogen-bond donors (Lipinski definition) is 2. The largest absolute Gasteiger partial charge is 0.393 e. The maximum atomic E-state index is 12.6. The second-order valence-corrected chi connectivity index (χ2v) is 10.8. The minimum Gasteiger partial charge on any atom is -0.393 e. The zero-order valence-corrected chi connectivity index (χ0v) is 21.8. The molecule has 14 heteroatoms. The van der Waals surface area contributed by atoms with Gasteiger partial charge in [0.15, 0.2) is 0 Å². The van der Waals surface area contributed by atoms with Gasteiger partial charge in [-0.25, -0.2) is 0 Å². The lowest BCUT2D eigenvalue weighted by Crippen LogP contribution is -2.51. The Bertz CT molecular complexity index is 618. The van der Waals surface area contributed by atoms with Gasteiger partial charge in [0.25, 0.3) is 0 Å². The first-order valence-electron chi connectivity index (χ1n) is 11.3. The average Bonchev–Trinajstić information content (AvgIpc) is 3.02. The summed E-state index contributed by atoms with van der Waals surface area (Å²) < 4.78 is 51.8. The Labute approximate surface area is 198 Å². The molecule has 5 atom stereocenters. The molecule has 11 nitrogen and oxygen atoms in total. The SMILES string of the molecule is B[C@@H]1O[C@@](CO)(COP(OCCC#N)OCCP(=O)(OCC)OCC)C(OCCCC)[C@@H]1O. The highest BCUT2D eigenvalue weighted by molar-refractivity contribution is 7.53. The van der Waals surface area contributed by atoms with E-state index in [1.807, 2.05) is 13.0 Å². The summed E-state index contributed by atoms with van der Waals surface area (Å²) in [6.45, 7) is 5.76. The normalized spacial score (nSPS) is 26.4. The summed E-state index contributed by atoms with van der Waals surface area (Å²) in [5.74, 6) is 0. The van der Waals surface area contributed by atoms with Crippen LogP contribution in [0.5, 0.6) is 0 Å². The Morgan fingerprint density at radius 3 is 2.39 bits per heavy atom. The lowest BCUT2D eigenvalue weighted by Gasteiger charge is -2.33. The van der Waals surface area contributed by atoms with Crippen molar-refractivity contribution in [1.29, 1.82) is 5.26 Å². The molecule has 33 heavy (non-hydrogen) atoms. The second kappa shape index (κ2) is 16.5. The van der Waals surface area contributed by atoms with Gasteiger partial charge in [-0.05, 0) is 20.3 Å². The third kappa shape index (κ3) is 10.2. The molecule has 1 heterocycles. The van der Waals surface area contributed by atoms with Gasteiger partial charge in [-0.3, -0.25) is 4.57 Å². The number of unbranched alkanes of at least 4 members (excludes halogenated alkanes) is 1. The molecule has 0 aromatic heterocycles. The van der Waals surface area contributed by atoms with E-state index in [9.17, 15) is 14.8 Å². The molecule has 1 saturated heterocycles. The van der Waals surface area contributed by atoms with E-state index in [0.29, 0.717) is 6.61 Å². The van der Waals surface area contributed by atoms with Gasteiger partial charge in [-0.1, -0.05) is 13.3 Å². The fourth-order valence-electron chi connectivity index (χ4n) is 3.19. The minimum atomic E-state index is -3.30. The number of aliphatic hydroxyl groups excluding tert-OH is 2. The van der Waals surface area contributed by atoms with Crippen LogP contribution in [0.4, 0.5) is 0 Å². The number of ether oxygens (including phenoxy) is 2. The molecule has 0 amide bonds. The van der Waals surface area contributed by atoms with Gasteiger partial charge in [0, 0.05) is 6.61 Å². The Kier molecular flexibility index (Phi) is 15.5. The third-order valence-electron chi connectivity index (χ3n) is 4.83. The van der Waals surface area contributed by atoms with Crippen LogP contribution in [0.2, 0.25) is 0 Å². The zero-order valence-electron chi connectivity index (χ0n) is 20.0. The van der Waals surface area contributed by atoms with E-state index in [1.165, 1.54) is 0 Å². The Morgan fingerprint density at radius 1 is 1.15 bits per heavy atom. The molecule has 0 bridgehead atoms. The van der Waals surface area contributed by atoms with E-state index >= 15 is 0 Å². The van der Waals surface area contributed by atoms with Crippen LogP contribution in [0, 0.1) is 11.3 Å². The standard InChI is InChI=1S/C19H38BNO10P2/c1-4-7-10-25-17-16(23)18(20)31-19(17,14-22)15-28-32(26-11-8-9-21)27-12-13-33(24,29-5-2)30-6-3/h16-18,22-23H,4-8,10-15,20H2,1-3H3/t16-,17?,18+,19-,32?/m0/s1. The first kappa shape index (κ1) is 30.9. The van der Waals surface area contributed by atoms with Gasteiger partial charge < -0.3 is 42.3 Å². The van der Waals surface area contributed by atoms with Gasteiger partial charge in [-0.2, -0.15) is 5.26 Å². The molecular formula is C19H38BNO10P2. The molecule has 0 spiro atoms. The fourth-order valence-corrected chi connectivity index (χ4v) is 5.79. The molecule has 1 aliphatic rings. The van der Waals surface area contributed by atoms with Crippen molar-refractivity contribution < 1.29 is 46.9 Å². The van der Waals surface area contributed by atoms with E-state index in [2.05, 4.69) is 0 Å². The smallest absolute Gasteiger partial charge is 0.332 e. The molecule has 2 N–H and O–H groups in total. The molecule has 0 radical (unpaired) electrons. The van der Waals surface area contributed by atoms with Crippen molar-refractivity contribution in [3.05, 3.63) is 0 Å². The summed E-state index contributed by atoms with van der Waals surface area (Å²) in [6.07, 6.45) is 0.109. The van der Waals surface area contributed by atoms with E-state index in [0.717, 1.165) is 12.8 Å². The molecule has 1 aliphatic heterocycles. The predicted molar refractivity (Wildman–Crippen MR) is 125 cm³/mol. The Hall–Kier alpha value is -0.145. The Morgan fingerprint density at radius 2 is 1.82 bits per heavy atom. The summed E-state index contributed by atoms with van der Waals surface area (Å²) in [5, 5.41) is 29.4. The third-order valence-corrected chi connectivity index (χ3v) is 7.99. The van der Waals surface area contributed by atoms with Crippen molar-refractivity contribution in [2.24, 2.45) is 0 Å². The van der Waals surface area contributed by atoms with Crippen LogP contribution in [0.15, 0.2) is 0 Å². The van der Waals surface area contributed by atoms with E-state index in [4.69, 9.17) is 37.4 Å². The van der Waals surface area contributed by atoms with Gasteiger partial charge in [0.2, 0.25) is 0 Å². The summed E-state index contributed by atoms with van der Waals surface area (Å²) in [4.78, 5) is 0. The first-order valence-corrected chi connectivity index (χ1v) is 14.2. The molecular weight excluding hydrogens is 475 g/mol. The average molecular weight is 513 g/mol. The van der Waals surface area contributed by atoms with Crippen molar-refractivity contribution >= 4 is 24.0 Å². The molecule has 0 aliphatic carbocycles. The Balaban J connectivity index is 2.80. The molecule has 0 aromatic carbocycles. The highest BCUT2D eigenvalue weighted by atomic mass is 31.2. The number of nitriles is 1. The van der Waals surface area contributed by atoms with Crippen LogP contribution in [0.1, 0.15) is 40.0 Å². The van der Waals surface area contributed by atoms with Crippen LogP contribution in [-0.4, -0.2) is 94.3 Å². The molecule has 192 valence electrons. The van der Waals surface area contributed by atoms with Crippen LogP contribution >= 0.6 is 16.2 Å². The zero-order chi connectivity index (χ0) is 24.7. The van der Waals surface area contributed by atoms with Crippen molar-refractivity contribution in [2.75, 3.05) is 52.4 Å². The quantitative estimate of drug-likeness (QED) is 0.148. The van der Waals surface area contributed by atoms with Gasteiger partial charge >= 0.3 is 16.2 Å². The summed E-state index contributed by atoms with van der Waals surface area (Å²) in [6, 6.07) is 1.40. The first-order chi connectivity index (χ1) is 15.8. The number of hydrogen-bond acceptors (Lipinski definition) is 11. The van der Waals surface area contributed by atoms with Gasteiger partial charge in [0.05, 0.1) is 64.3 Å². The maximum Gasteiger partial charge on any atom is 0.332 e. The van der Waals surface area contributed by atoms with Crippen molar-refractivity contribution in [2.45, 2.75) is 63.8 Å². The van der Waals surface area contributed by atoms with Crippen LogP contribution in [0.25, 0.3) is 0 Å².